The summed E-state index contributed by atoms with van der Waals surface area (Å²) in [6.45, 7) is 2.09. The van der Waals surface area contributed by atoms with E-state index in [1.165, 1.54) is 0 Å². The van der Waals surface area contributed by atoms with Gasteiger partial charge in [-0.1, -0.05) is 6.92 Å². The van der Waals surface area contributed by atoms with E-state index in [1.807, 2.05) is 11.8 Å². The minimum absolute atomic E-state index is 0.0159. The van der Waals surface area contributed by atoms with Crippen molar-refractivity contribution < 1.29 is 18.3 Å². The third-order valence-corrected chi connectivity index (χ3v) is 5.38. The SMILES string of the molecule is CCSC1CCC(NS(=O)(=O)CCC(=O)O)C1. The third kappa shape index (κ3) is 5.74. The van der Waals surface area contributed by atoms with E-state index in [2.05, 4.69) is 11.6 Å². The summed E-state index contributed by atoms with van der Waals surface area (Å²) >= 11 is 1.86. The molecule has 1 rings (SSSR count). The lowest BCUT2D eigenvalue weighted by molar-refractivity contribution is -0.136. The van der Waals surface area contributed by atoms with E-state index < -0.39 is 16.0 Å². The van der Waals surface area contributed by atoms with Crippen molar-refractivity contribution in [1.29, 1.82) is 0 Å². The molecule has 0 bridgehead atoms. The number of rotatable bonds is 7. The van der Waals surface area contributed by atoms with Crippen molar-refractivity contribution in [3.8, 4) is 0 Å². The number of carbonyl (C=O) groups is 1. The molecule has 1 saturated carbocycles. The van der Waals surface area contributed by atoms with Gasteiger partial charge in [0.15, 0.2) is 0 Å². The Balaban J connectivity index is 2.36. The van der Waals surface area contributed by atoms with Crippen molar-refractivity contribution in [3.05, 3.63) is 0 Å². The molecule has 1 aliphatic rings. The minimum atomic E-state index is -3.44. The molecule has 0 aliphatic heterocycles. The van der Waals surface area contributed by atoms with Crippen molar-refractivity contribution in [2.24, 2.45) is 0 Å². The molecule has 0 amide bonds. The summed E-state index contributed by atoms with van der Waals surface area (Å²) in [6.07, 6.45) is 2.40. The molecule has 2 N–H and O–H groups in total. The number of thioether (sulfide) groups is 1. The maximum absolute atomic E-state index is 11.6. The number of carboxylic acid groups (broad SMARTS) is 1. The molecule has 2 unspecified atom stereocenters. The molecule has 0 aromatic rings. The van der Waals surface area contributed by atoms with Gasteiger partial charge in [0, 0.05) is 11.3 Å². The summed E-state index contributed by atoms with van der Waals surface area (Å²) < 4.78 is 25.7. The molecule has 1 aliphatic carbocycles. The molecule has 0 aromatic carbocycles. The number of sulfonamides is 1. The van der Waals surface area contributed by atoms with Crippen molar-refractivity contribution in [2.45, 2.75) is 43.9 Å². The van der Waals surface area contributed by atoms with Crippen LogP contribution >= 0.6 is 11.8 Å². The fourth-order valence-electron chi connectivity index (χ4n) is 1.97. The first-order valence-electron chi connectivity index (χ1n) is 5.76. The predicted octanol–water partition coefficient (Wildman–Crippen LogP) is 1.05. The van der Waals surface area contributed by atoms with Crippen LogP contribution in [-0.4, -0.2) is 42.3 Å². The first kappa shape index (κ1) is 14.8. The fourth-order valence-corrected chi connectivity index (χ4v) is 4.39. The smallest absolute Gasteiger partial charge is 0.304 e. The molecule has 17 heavy (non-hydrogen) atoms. The van der Waals surface area contributed by atoms with Crippen LogP contribution in [0.25, 0.3) is 0 Å². The van der Waals surface area contributed by atoms with Crippen LogP contribution in [0.15, 0.2) is 0 Å². The molecular weight excluding hydrogens is 262 g/mol. The number of carboxylic acids is 1. The van der Waals surface area contributed by atoms with Gasteiger partial charge in [-0.2, -0.15) is 11.8 Å². The van der Waals surface area contributed by atoms with Crippen LogP contribution in [0.5, 0.6) is 0 Å². The summed E-state index contributed by atoms with van der Waals surface area (Å²) in [4.78, 5) is 10.3. The lowest BCUT2D eigenvalue weighted by atomic mass is 10.3. The van der Waals surface area contributed by atoms with E-state index in [4.69, 9.17) is 5.11 Å². The molecule has 0 saturated heterocycles. The summed E-state index contributed by atoms with van der Waals surface area (Å²) in [5, 5.41) is 8.99. The van der Waals surface area contributed by atoms with Gasteiger partial charge >= 0.3 is 5.97 Å². The standard InChI is InChI=1S/C10H19NO4S2/c1-2-16-9-4-3-8(7-9)11-17(14,15)6-5-10(12)13/h8-9,11H,2-7H2,1H3,(H,12,13). The van der Waals surface area contributed by atoms with Crippen LogP contribution in [-0.2, 0) is 14.8 Å². The minimum Gasteiger partial charge on any atom is -0.481 e. The van der Waals surface area contributed by atoms with Crippen LogP contribution in [0.4, 0.5) is 0 Å². The first-order valence-corrected chi connectivity index (χ1v) is 8.46. The maximum Gasteiger partial charge on any atom is 0.304 e. The van der Waals surface area contributed by atoms with E-state index >= 15 is 0 Å². The second kappa shape index (κ2) is 6.61. The van der Waals surface area contributed by atoms with Gasteiger partial charge in [-0.05, 0) is 25.0 Å². The topological polar surface area (TPSA) is 83.5 Å². The molecule has 5 nitrogen and oxygen atoms in total. The Bertz CT molecular complexity index is 355. The van der Waals surface area contributed by atoms with Gasteiger partial charge < -0.3 is 5.11 Å². The van der Waals surface area contributed by atoms with E-state index in [9.17, 15) is 13.2 Å². The van der Waals surface area contributed by atoms with Gasteiger partial charge in [-0.3, -0.25) is 4.79 Å². The molecule has 2 atom stereocenters. The zero-order chi connectivity index (χ0) is 12.9. The highest BCUT2D eigenvalue weighted by Gasteiger charge is 2.27. The molecule has 0 heterocycles. The Labute approximate surface area is 106 Å². The Hall–Kier alpha value is -0.270. The van der Waals surface area contributed by atoms with Gasteiger partial charge in [0.1, 0.15) is 0 Å². The van der Waals surface area contributed by atoms with Gasteiger partial charge in [0.2, 0.25) is 10.0 Å². The molecule has 0 aromatic heterocycles. The normalized spacial score (nSPS) is 25.0. The average Bonchev–Trinajstić information content (AvgIpc) is 2.63. The van der Waals surface area contributed by atoms with Crippen LogP contribution in [0.1, 0.15) is 32.6 Å². The fraction of sp³-hybridized carbons (Fsp3) is 0.900. The number of hydrogen-bond donors (Lipinski definition) is 2. The Morgan fingerprint density at radius 3 is 2.76 bits per heavy atom. The highest BCUT2D eigenvalue weighted by molar-refractivity contribution is 7.99. The number of hydrogen-bond acceptors (Lipinski definition) is 4. The predicted molar refractivity (Wildman–Crippen MR) is 68.7 cm³/mol. The van der Waals surface area contributed by atoms with Crippen LogP contribution < -0.4 is 4.72 Å². The Kier molecular flexibility index (Phi) is 5.75. The van der Waals surface area contributed by atoms with Crippen molar-refractivity contribution in [2.75, 3.05) is 11.5 Å². The molecule has 0 spiro atoms. The Morgan fingerprint density at radius 2 is 2.18 bits per heavy atom. The molecule has 7 heteroatoms. The second-order valence-corrected chi connectivity index (χ2v) is 7.62. The van der Waals surface area contributed by atoms with Crippen LogP contribution in [0.2, 0.25) is 0 Å². The summed E-state index contributed by atoms with van der Waals surface area (Å²) in [5.74, 6) is -0.366. The third-order valence-electron chi connectivity index (χ3n) is 2.72. The van der Waals surface area contributed by atoms with Gasteiger partial charge in [0.25, 0.3) is 0 Å². The lowest BCUT2D eigenvalue weighted by Gasteiger charge is -2.12. The first-order chi connectivity index (χ1) is 7.93. The molecule has 1 fully saturated rings. The van der Waals surface area contributed by atoms with Crippen LogP contribution in [0.3, 0.4) is 0 Å². The molecule has 0 radical (unpaired) electrons. The molecular formula is C10H19NO4S2. The highest BCUT2D eigenvalue weighted by atomic mass is 32.2. The number of aliphatic carboxylic acids is 1. The zero-order valence-electron chi connectivity index (χ0n) is 9.89. The van der Waals surface area contributed by atoms with E-state index in [1.54, 1.807) is 0 Å². The zero-order valence-corrected chi connectivity index (χ0v) is 11.5. The maximum atomic E-state index is 11.6. The lowest BCUT2D eigenvalue weighted by Crippen LogP contribution is -2.35. The largest absolute Gasteiger partial charge is 0.481 e. The van der Waals surface area contributed by atoms with Gasteiger partial charge in [-0.25, -0.2) is 13.1 Å². The van der Waals surface area contributed by atoms with Crippen molar-refractivity contribution in [3.63, 3.8) is 0 Å². The molecule has 100 valence electrons. The van der Waals surface area contributed by atoms with Crippen LogP contribution in [0, 0.1) is 0 Å². The quantitative estimate of drug-likeness (QED) is 0.729. The summed E-state index contributed by atoms with van der Waals surface area (Å²) in [7, 11) is -3.44. The van der Waals surface area contributed by atoms with Crippen molar-refractivity contribution >= 4 is 27.8 Å². The second-order valence-electron chi connectivity index (χ2n) is 4.17. The Morgan fingerprint density at radius 1 is 1.47 bits per heavy atom. The van der Waals surface area contributed by atoms with E-state index in [0.29, 0.717) is 5.25 Å². The van der Waals surface area contributed by atoms with E-state index in [0.717, 1.165) is 25.0 Å². The van der Waals surface area contributed by atoms with Gasteiger partial charge in [-0.15, -0.1) is 0 Å². The van der Waals surface area contributed by atoms with Crippen molar-refractivity contribution in [1.82, 2.24) is 4.72 Å². The van der Waals surface area contributed by atoms with Gasteiger partial charge in [0.05, 0.1) is 12.2 Å². The summed E-state index contributed by atoms with van der Waals surface area (Å²) in [5.41, 5.74) is 0. The average molecular weight is 281 g/mol. The van der Waals surface area contributed by atoms with E-state index in [-0.39, 0.29) is 18.2 Å². The monoisotopic (exact) mass is 281 g/mol. The summed E-state index contributed by atoms with van der Waals surface area (Å²) in [6, 6.07) is -0.0159. The highest BCUT2D eigenvalue weighted by Crippen LogP contribution is 2.29. The number of nitrogens with one attached hydrogen (secondary N) is 1.